The molecule has 1 heterocycles. The molecule has 0 atom stereocenters. The first kappa shape index (κ1) is 15.2. The Kier molecular flexibility index (Phi) is 5.87. The number of methoxy groups -OCH3 is 1. The predicted octanol–water partition coefficient (Wildman–Crippen LogP) is 2.95. The molecule has 0 aromatic carbocycles. The summed E-state index contributed by atoms with van der Waals surface area (Å²) in [6.07, 6.45) is -3.04. The van der Waals surface area contributed by atoms with Gasteiger partial charge in [-0.3, -0.25) is 0 Å². The van der Waals surface area contributed by atoms with Gasteiger partial charge in [-0.25, -0.2) is 4.98 Å². The van der Waals surface area contributed by atoms with Crippen LogP contribution in [-0.4, -0.2) is 37.1 Å². The molecule has 0 aliphatic rings. The summed E-state index contributed by atoms with van der Waals surface area (Å²) in [5.74, 6) is -0.0542. The second-order valence-electron chi connectivity index (χ2n) is 3.54. The molecule has 0 aliphatic carbocycles. The number of hydrogen-bond acceptors (Lipinski definition) is 3. The van der Waals surface area contributed by atoms with Gasteiger partial charge in [-0.2, -0.15) is 13.2 Å². The molecular weight excluding hydrogens is 313 g/mol. The first-order chi connectivity index (χ1) is 8.50. The average Bonchev–Trinajstić information content (AvgIpc) is 2.33. The van der Waals surface area contributed by atoms with Crippen molar-refractivity contribution in [2.45, 2.75) is 6.18 Å². The summed E-state index contributed by atoms with van der Waals surface area (Å²) in [5.41, 5.74) is -0.720. The van der Waals surface area contributed by atoms with Crippen LogP contribution in [-0.2, 0) is 10.9 Å². The van der Waals surface area contributed by atoms with Crippen molar-refractivity contribution in [3.8, 4) is 0 Å². The minimum absolute atomic E-state index is 0.0542. The zero-order valence-corrected chi connectivity index (χ0v) is 11.5. The molecule has 18 heavy (non-hydrogen) atoms. The van der Waals surface area contributed by atoms with Crippen molar-refractivity contribution in [2.24, 2.45) is 0 Å². The third-order valence-corrected chi connectivity index (χ3v) is 2.67. The Balaban J connectivity index is 3.03. The summed E-state index contributed by atoms with van der Waals surface area (Å²) in [4.78, 5) is 5.40. The number of halogens is 4. The van der Waals surface area contributed by atoms with Crippen LogP contribution in [0.1, 0.15) is 5.56 Å². The zero-order chi connectivity index (χ0) is 13.6. The number of ether oxygens (including phenoxy) is 1. The van der Waals surface area contributed by atoms with Crippen LogP contribution < -0.4 is 4.90 Å². The van der Waals surface area contributed by atoms with E-state index in [1.54, 1.807) is 4.90 Å². The van der Waals surface area contributed by atoms with Gasteiger partial charge in [0.2, 0.25) is 0 Å². The summed E-state index contributed by atoms with van der Waals surface area (Å²) >= 11 is 3.22. The molecule has 0 saturated carbocycles. The van der Waals surface area contributed by atoms with Crippen molar-refractivity contribution in [3.63, 3.8) is 0 Å². The first-order valence-electron chi connectivity index (χ1n) is 5.32. The smallest absolute Gasteiger partial charge is 0.383 e. The third kappa shape index (κ3) is 4.13. The Bertz CT molecular complexity index is 374. The van der Waals surface area contributed by atoms with Gasteiger partial charge < -0.3 is 9.64 Å². The zero-order valence-electron chi connectivity index (χ0n) is 9.88. The highest BCUT2D eigenvalue weighted by Gasteiger charge is 2.35. The summed E-state index contributed by atoms with van der Waals surface area (Å²) < 4.78 is 43.5. The van der Waals surface area contributed by atoms with Crippen LogP contribution in [0.25, 0.3) is 0 Å². The van der Waals surface area contributed by atoms with Gasteiger partial charge in [0, 0.05) is 31.7 Å². The number of rotatable bonds is 6. The van der Waals surface area contributed by atoms with E-state index in [0.29, 0.717) is 25.0 Å². The highest BCUT2D eigenvalue weighted by molar-refractivity contribution is 9.09. The molecule has 0 bridgehead atoms. The molecule has 102 valence electrons. The normalized spacial score (nSPS) is 11.6. The molecule has 7 heteroatoms. The van der Waals surface area contributed by atoms with E-state index >= 15 is 0 Å². The molecule has 1 aromatic rings. The fourth-order valence-corrected chi connectivity index (χ4v) is 1.93. The number of pyridine rings is 1. The molecule has 0 fully saturated rings. The molecule has 0 spiro atoms. The standard InChI is InChI=1S/C11H14BrF3N2O/c1-18-8-7-17(6-4-12)10-9(11(13,14)15)3-2-5-16-10/h2-3,5H,4,6-8H2,1H3. The van der Waals surface area contributed by atoms with E-state index in [1.165, 1.54) is 19.4 Å². The Morgan fingerprint density at radius 1 is 1.39 bits per heavy atom. The topological polar surface area (TPSA) is 25.4 Å². The van der Waals surface area contributed by atoms with E-state index in [2.05, 4.69) is 20.9 Å². The van der Waals surface area contributed by atoms with Crippen LogP contribution in [0.3, 0.4) is 0 Å². The van der Waals surface area contributed by atoms with Gasteiger partial charge in [0.15, 0.2) is 0 Å². The summed E-state index contributed by atoms with van der Waals surface area (Å²) in [6.45, 7) is 1.15. The Morgan fingerprint density at radius 2 is 2.11 bits per heavy atom. The summed E-state index contributed by atoms with van der Waals surface area (Å²) in [7, 11) is 1.51. The maximum atomic E-state index is 12.9. The SMILES string of the molecule is COCCN(CCBr)c1ncccc1C(F)(F)F. The van der Waals surface area contributed by atoms with Crippen molar-refractivity contribution >= 4 is 21.7 Å². The third-order valence-electron chi connectivity index (χ3n) is 2.31. The molecule has 0 unspecified atom stereocenters. The molecule has 0 saturated heterocycles. The van der Waals surface area contributed by atoms with Crippen LogP contribution in [0.5, 0.6) is 0 Å². The van der Waals surface area contributed by atoms with E-state index in [1.807, 2.05) is 0 Å². The summed E-state index contributed by atoms with van der Waals surface area (Å²) in [6, 6.07) is 2.32. The van der Waals surface area contributed by atoms with E-state index in [4.69, 9.17) is 4.74 Å². The lowest BCUT2D eigenvalue weighted by Crippen LogP contribution is -2.32. The number of nitrogens with zero attached hydrogens (tertiary/aromatic N) is 2. The van der Waals surface area contributed by atoms with Crippen LogP contribution in [0, 0.1) is 0 Å². The molecule has 3 nitrogen and oxygen atoms in total. The van der Waals surface area contributed by atoms with Crippen molar-refractivity contribution in [1.29, 1.82) is 0 Å². The van der Waals surface area contributed by atoms with Gasteiger partial charge in [-0.15, -0.1) is 0 Å². The van der Waals surface area contributed by atoms with Gasteiger partial charge >= 0.3 is 6.18 Å². The molecule has 0 aliphatic heterocycles. The minimum atomic E-state index is -4.40. The Hall–Kier alpha value is -0.820. The second kappa shape index (κ2) is 6.94. The number of aromatic nitrogens is 1. The summed E-state index contributed by atoms with van der Waals surface area (Å²) in [5, 5.41) is 0.560. The number of alkyl halides is 4. The number of hydrogen-bond donors (Lipinski definition) is 0. The maximum Gasteiger partial charge on any atom is 0.419 e. The van der Waals surface area contributed by atoms with Gasteiger partial charge in [-0.05, 0) is 12.1 Å². The monoisotopic (exact) mass is 326 g/mol. The first-order valence-corrected chi connectivity index (χ1v) is 6.45. The van der Waals surface area contributed by atoms with Crippen LogP contribution >= 0.6 is 15.9 Å². The Labute approximate surface area is 112 Å². The van der Waals surface area contributed by atoms with Crippen molar-refractivity contribution < 1.29 is 17.9 Å². The van der Waals surface area contributed by atoms with Crippen LogP contribution in [0.4, 0.5) is 19.0 Å². The highest BCUT2D eigenvalue weighted by Crippen LogP contribution is 2.34. The highest BCUT2D eigenvalue weighted by atomic mass is 79.9. The largest absolute Gasteiger partial charge is 0.419 e. The van der Waals surface area contributed by atoms with Crippen molar-refractivity contribution in [1.82, 2.24) is 4.98 Å². The van der Waals surface area contributed by atoms with Crippen LogP contribution in [0.2, 0.25) is 0 Å². The average molecular weight is 327 g/mol. The van der Waals surface area contributed by atoms with E-state index in [0.717, 1.165) is 6.07 Å². The molecule has 0 radical (unpaired) electrons. The van der Waals surface area contributed by atoms with Crippen molar-refractivity contribution in [2.75, 3.05) is 37.0 Å². The van der Waals surface area contributed by atoms with Gasteiger partial charge in [0.1, 0.15) is 5.82 Å². The molecule has 1 rings (SSSR count). The quantitative estimate of drug-likeness (QED) is 0.751. The molecule has 0 N–H and O–H groups in total. The lowest BCUT2D eigenvalue weighted by atomic mass is 10.2. The van der Waals surface area contributed by atoms with E-state index < -0.39 is 11.7 Å². The molecule has 0 amide bonds. The predicted molar refractivity (Wildman–Crippen MR) is 67.1 cm³/mol. The fourth-order valence-electron chi connectivity index (χ4n) is 1.50. The van der Waals surface area contributed by atoms with Crippen LogP contribution in [0.15, 0.2) is 18.3 Å². The van der Waals surface area contributed by atoms with Gasteiger partial charge in [-0.1, -0.05) is 15.9 Å². The maximum absolute atomic E-state index is 12.9. The minimum Gasteiger partial charge on any atom is -0.383 e. The van der Waals surface area contributed by atoms with Gasteiger partial charge in [0.05, 0.1) is 12.2 Å². The van der Waals surface area contributed by atoms with Crippen molar-refractivity contribution in [3.05, 3.63) is 23.9 Å². The lowest BCUT2D eigenvalue weighted by Gasteiger charge is -2.25. The lowest BCUT2D eigenvalue weighted by molar-refractivity contribution is -0.137. The second-order valence-corrected chi connectivity index (χ2v) is 4.33. The van der Waals surface area contributed by atoms with E-state index in [-0.39, 0.29) is 5.82 Å². The molecular formula is C11H14BrF3N2O. The van der Waals surface area contributed by atoms with E-state index in [9.17, 15) is 13.2 Å². The number of anilines is 1. The van der Waals surface area contributed by atoms with Gasteiger partial charge in [0.25, 0.3) is 0 Å². The molecule has 1 aromatic heterocycles. The Morgan fingerprint density at radius 3 is 2.67 bits per heavy atom. The fraction of sp³-hybridized carbons (Fsp3) is 0.545.